The highest BCUT2D eigenvalue weighted by Gasteiger charge is 2.07. The number of rotatable bonds is 1. The van der Waals surface area contributed by atoms with Crippen molar-refractivity contribution < 1.29 is 4.79 Å². The second-order valence-corrected chi connectivity index (χ2v) is 3.05. The summed E-state index contributed by atoms with van der Waals surface area (Å²) in [4.78, 5) is 14.7. The van der Waals surface area contributed by atoms with Gasteiger partial charge in [-0.1, -0.05) is 0 Å². The molecule has 0 amide bonds. The third-order valence-electron chi connectivity index (χ3n) is 2.14. The smallest absolute Gasteiger partial charge is 0.150 e. The van der Waals surface area contributed by atoms with Gasteiger partial charge < -0.3 is 5.73 Å². The van der Waals surface area contributed by atoms with E-state index in [0.29, 0.717) is 23.3 Å². The molecule has 0 fully saturated rings. The molecule has 0 radical (unpaired) electrons. The van der Waals surface area contributed by atoms with Gasteiger partial charge in [-0.2, -0.15) is 0 Å². The molecule has 1 aliphatic rings. The number of hydrogen-bond donors (Lipinski definition) is 2. The highest BCUT2D eigenvalue weighted by atomic mass is 16.1. The molecule has 0 aliphatic carbocycles. The molecule has 14 heavy (non-hydrogen) atoms. The number of hydrogen-bond acceptors (Lipinski definition) is 5. The minimum absolute atomic E-state index is 0.346. The summed E-state index contributed by atoms with van der Waals surface area (Å²) < 4.78 is 0. The van der Waals surface area contributed by atoms with E-state index in [1.54, 1.807) is 18.2 Å². The summed E-state index contributed by atoms with van der Waals surface area (Å²) in [6, 6.07) is 5.15. The number of carbonyl (C=O) groups is 1. The van der Waals surface area contributed by atoms with Crippen molar-refractivity contribution in [2.24, 2.45) is 16.6 Å². The molecule has 72 valence electrons. The fourth-order valence-corrected chi connectivity index (χ4v) is 1.35. The zero-order chi connectivity index (χ0) is 10.1. The molecule has 4 N–H and O–H groups in total. The monoisotopic (exact) mass is 190 g/mol. The summed E-state index contributed by atoms with van der Waals surface area (Å²) in [6.45, 7) is 0.346. The number of hydrazine groups is 1. The first kappa shape index (κ1) is 8.71. The van der Waals surface area contributed by atoms with Crippen molar-refractivity contribution in [1.29, 1.82) is 0 Å². The lowest BCUT2D eigenvalue weighted by molar-refractivity contribution is 0.112. The fraction of sp³-hybridized carbons (Fsp3) is 0.111. The number of nitrogens with two attached hydrogens (primary N) is 2. The van der Waals surface area contributed by atoms with Crippen molar-refractivity contribution in [3.8, 4) is 0 Å². The molecule has 1 aliphatic heterocycles. The van der Waals surface area contributed by atoms with Crippen LogP contribution in [0.3, 0.4) is 0 Å². The average molecular weight is 190 g/mol. The number of aldehydes is 1. The van der Waals surface area contributed by atoms with Crippen LogP contribution >= 0.6 is 0 Å². The van der Waals surface area contributed by atoms with Gasteiger partial charge in [-0.05, 0) is 18.2 Å². The van der Waals surface area contributed by atoms with Crippen LogP contribution in [0.4, 0.5) is 0 Å². The second-order valence-electron chi connectivity index (χ2n) is 3.05. The van der Waals surface area contributed by atoms with E-state index in [0.717, 1.165) is 11.6 Å². The van der Waals surface area contributed by atoms with Crippen molar-refractivity contribution in [3.05, 3.63) is 34.3 Å². The van der Waals surface area contributed by atoms with E-state index in [2.05, 4.69) is 4.99 Å². The molecule has 1 aromatic rings. The average Bonchev–Trinajstić information content (AvgIpc) is 2.23. The van der Waals surface area contributed by atoms with Crippen LogP contribution in [0.5, 0.6) is 0 Å². The van der Waals surface area contributed by atoms with Crippen molar-refractivity contribution >= 4 is 12.1 Å². The van der Waals surface area contributed by atoms with Crippen LogP contribution in [0.25, 0.3) is 5.82 Å². The largest absolute Gasteiger partial charge is 0.384 e. The van der Waals surface area contributed by atoms with Gasteiger partial charge in [-0.25, -0.2) is 5.84 Å². The Morgan fingerprint density at radius 3 is 3.00 bits per heavy atom. The zero-order valence-corrected chi connectivity index (χ0v) is 7.47. The van der Waals surface area contributed by atoms with E-state index in [1.165, 1.54) is 5.01 Å². The lowest BCUT2D eigenvalue weighted by Crippen LogP contribution is -2.46. The molecule has 2 rings (SSSR count). The normalized spacial score (nSPS) is 14.6. The highest BCUT2D eigenvalue weighted by molar-refractivity contribution is 5.74. The first-order valence-electron chi connectivity index (χ1n) is 4.14. The Balaban J connectivity index is 2.79. The van der Waals surface area contributed by atoms with Crippen LogP contribution in [-0.2, 0) is 0 Å². The summed E-state index contributed by atoms with van der Waals surface area (Å²) in [7, 11) is 0. The van der Waals surface area contributed by atoms with Gasteiger partial charge in [0.2, 0.25) is 0 Å². The number of nitrogens with zero attached hydrogens (tertiary/aromatic N) is 2. The molecular weight excluding hydrogens is 180 g/mol. The van der Waals surface area contributed by atoms with E-state index in [4.69, 9.17) is 11.6 Å². The molecule has 0 atom stereocenters. The molecule has 0 saturated carbocycles. The topological polar surface area (TPSA) is 84.7 Å². The lowest BCUT2D eigenvalue weighted by Gasteiger charge is -2.19. The van der Waals surface area contributed by atoms with E-state index in [-0.39, 0.29) is 0 Å². The Morgan fingerprint density at radius 2 is 2.29 bits per heavy atom. The molecule has 0 unspecified atom stereocenters. The van der Waals surface area contributed by atoms with Gasteiger partial charge in [0.05, 0.1) is 5.36 Å². The molecule has 0 aromatic heterocycles. The molecule has 5 nitrogen and oxygen atoms in total. The second kappa shape index (κ2) is 3.12. The van der Waals surface area contributed by atoms with Crippen LogP contribution in [-0.4, -0.2) is 18.0 Å². The summed E-state index contributed by atoms with van der Waals surface area (Å²) in [6.07, 6.45) is 0.767. The Morgan fingerprint density at radius 1 is 1.50 bits per heavy atom. The van der Waals surface area contributed by atoms with Gasteiger partial charge in [-0.3, -0.25) is 14.8 Å². The van der Waals surface area contributed by atoms with Crippen molar-refractivity contribution in [2.45, 2.75) is 0 Å². The van der Waals surface area contributed by atoms with E-state index in [1.807, 2.05) is 0 Å². The minimum atomic E-state index is 0.346. The first-order chi connectivity index (χ1) is 6.72. The van der Waals surface area contributed by atoms with Crippen molar-refractivity contribution in [3.63, 3.8) is 0 Å². The Labute approximate surface area is 80.3 Å². The van der Waals surface area contributed by atoms with Crippen LogP contribution < -0.4 is 22.2 Å². The van der Waals surface area contributed by atoms with E-state index in [9.17, 15) is 4.79 Å². The SMILES string of the molecule is NC1=c2cc(C=O)ccc2=NCN1N. The summed E-state index contributed by atoms with van der Waals surface area (Å²) in [5, 5.41) is 2.83. The van der Waals surface area contributed by atoms with Gasteiger partial charge in [0.1, 0.15) is 18.8 Å². The first-order valence-corrected chi connectivity index (χ1v) is 4.14. The highest BCUT2D eigenvalue weighted by Crippen LogP contribution is 1.93. The summed E-state index contributed by atoms with van der Waals surface area (Å²) in [5.74, 6) is 6.02. The third-order valence-corrected chi connectivity index (χ3v) is 2.14. The van der Waals surface area contributed by atoms with E-state index < -0.39 is 0 Å². The van der Waals surface area contributed by atoms with Gasteiger partial charge in [-0.15, -0.1) is 0 Å². The number of fused-ring (bicyclic) bond motifs is 1. The van der Waals surface area contributed by atoms with Crippen molar-refractivity contribution in [2.75, 3.05) is 6.67 Å². The standard InChI is InChI=1S/C9H10N4O/c10-9-7-3-6(4-14)1-2-8(7)12-5-13(9)11/h1-4H,5,10-11H2. The fourth-order valence-electron chi connectivity index (χ4n) is 1.35. The maximum absolute atomic E-state index is 10.6. The Hall–Kier alpha value is -1.88. The van der Waals surface area contributed by atoms with E-state index >= 15 is 0 Å². The Kier molecular flexibility index (Phi) is 1.94. The predicted molar refractivity (Wildman–Crippen MR) is 51.1 cm³/mol. The molecule has 0 spiro atoms. The molecule has 1 heterocycles. The summed E-state index contributed by atoms with van der Waals surface area (Å²) in [5.41, 5.74) is 6.32. The molecule has 5 heteroatoms. The van der Waals surface area contributed by atoms with Crippen LogP contribution in [0.1, 0.15) is 10.4 Å². The van der Waals surface area contributed by atoms with Crippen LogP contribution in [0, 0.1) is 0 Å². The molecular formula is C9H10N4O. The third kappa shape index (κ3) is 1.23. The van der Waals surface area contributed by atoms with Gasteiger partial charge in [0.15, 0.2) is 0 Å². The Bertz CT molecular complexity index is 494. The zero-order valence-electron chi connectivity index (χ0n) is 7.47. The van der Waals surface area contributed by atoms with Crippen molar-refractivity contribution in [1.82, 2.24) is 5.01 Å². The minimum Gasteiger partial charge on any atom is -0.384 e. The number of benzene rings is 1. The molecule has 0 bridgehead atoms. The summed E-state index contributed by atoms with van der Waals surface area (Å²) >= 11 is 0. The van der Waals surface area contributed by atoms with Crippen LogP contribution in [0.15, 0.2) is 23.2 Å². The molecule has 0 saturated heterocycles. The predicted octanol–water partition coefficient (Wildman–Crippen LogP) is -1.71. The van der Waals surface area contributed by atoms with Crippen LogP contribution in [0.2, 0.25) is 0 Å². The maximum atomic E-state index is 10.6. The quantitative estimate of drug-likeness (QED) is 0.408. The maximum Gasteiger partial charge on any atom is 0.150 e. The van der Waals surface area contributed by atoms with Gasteiger partial charge in [0.25, 0.3) is 0 Å². The number of carbonyl (C=O) groups excluding carboxylic acids is 1. The van der Waals surface area contributed by atoms with Gasteiger partial charge in [0, 0.05) is 10.8 Å². The lowest BCUT2D eigenvalue weighted by atomic mass is 10.2. The molecule has 1 aromatic carbocycles. The van der Waals surface area contributed by atoms with Gasteiger partial charge >= 0.3 is 0 Å².